The number of carbonyl (C=O) groups excluding carboxylic acids is 2. The zero-order valence-electron chi connectivity index (χ0n) is 8.90. The number of aromatic nitrogens is 1. The number of benzene rings is 1. The van der Waals surface area contributed by atoms with E-state index < -0.39 is 11.8 Å². The first-order chi connectivity index (χ1) is 8.16. The number of hydrogen-bond acceptors (Lipinski definition) is 3. The van der Waals surface area contributed by atoms with Crippen LogP contribution in [0, 0.1) is 0 Å². The number of aromatic amines is 1. The highest BCUT2D eigenvalue weighted by Gasteiger charge is 2.09. The molecular formula is C11H11N3O3. The summed E-state index contributed by atoms with van der Waals surface area (Å²) in [6.45, 7) is -0.355. The number of fused-ring (bicyclic) bond motifs is 1. The van der Waals surface area contributed by atoms with Gasteiger partial charge in [-0.25, -0.2) is 5.48 Å². The lowest BCUT2D eigenvalue weighted by Gasteiger charge is -2.01. The number of carbonyl (C=O) groups is 2. The Kier molecular flexibility index (Phi) is 3.06. The predicted molar refractivity (Wildman–Crippen MR) is 60.9 cm³/mol. The fourth-order valence-corrected chi connectivity index (χ4v) is 1.42. The molecule has 0 unspecified atom stereocenters. The summed E-state index contributed by atoms with van der Waals surface area (Å²) in [4.78, 5) is 29.5. The molecule has 17 heavy (non-hydrogen) atoms. The molecule has 2 amide bonds. The third-order valence-electron chi connectivity index (χ3n) is 2.15. The number of hydrogen-bond donors (Lipinski definition) is 3. The van der Waals surface area contributed by atoms with Crippen LogP contribution in [0.4, 0.5) is 0 Å². The Morgan fingerprint density at radius 3 is 2.82 bits per heavy atom. The Morgan fingerprint density at radius 1 is 1.35 bits per heavy atom. The van der Waals surface area contributed by atoms with Gasteiger partial charge in [0.25, 0.3) is 5.91 Å². The zero-order valence-corrected chi connectivity index (χ0v) is 8.90. The molecule has 0 atom stereocenters. The normalized spacial score (nSPS) is 10.4. The first-order valence-corrected chi connectivity index (χ1v) is 4.95. The van der Waals surface area contributed by atoms with E-state index in [1.165, 1.54) is 0 Å². The minimum absolute atomic E-state index is 0.355. The molecule has 0 aliphatic heterocycles. The van der Waals surface area contributed by atoms with Gasteiger partial charge in [0.2, 0.25) is 5.91 Å². The van der Waals surface area contributed by atoms with Gasteiger partial charge in [-0.3, -0.25) is 14.4 Å². The van der Waals surface area contributed by atoms with Crippen molar-refractivity contribution in [2.75, 3.05) is 6.61 Å². The van der Waals surface area contributed by atoms with Gasteiger partial charge in [-0.05, 0) is 12.1 Å². The van der Waals surface area contributed by atoms with Gasteiger partial charge in [-0.1, -0.05) is 18.2 Å². The Labute approximate surface area is 96.7 Å². The van der Waals surface area contributed by atoms with E-state index in [-0.39, 0.29) is 6.61 Å². The summed E-state index contributed by atoms with van der Waals surface area (Å²) in [5.41, 5.74) is 8.19. The Balaban J connectivity index is 2.06. The van der Waals surface area contributed by atoms with E-state index in [2.05, 4.69) is 15.3 Å². The average molecular weight is 233 g/mol. The van der Waals surface area contributed by atoms with Crippen molar-refractivity contribution in [1.82, 2.24) is 10.5 Å². The van der Waals surface area contributed by atoms with E-state index in [1.54, 1.807) is 6.07 Å². The number of amides is 2. The van der Waals surface area contributed by atoms with Crippen molar-refractivity contribution < 1.29 is 14.4 Å². The van der Waals surface area contributed by atoms with Crippen molar-refractivity contribution in [3.8, 4) is 0 Å². The van der Waals surface area contributed by atoms with Gasteiger partial charge in [0.1, 0.15) is 5.69 Å². The van der Waals surface area contributed by atoms with Crippen LogP contribution in [0.15, 0.2) is 30.3 Å². The Bertz CT molecular complexity index is 529. The standard InChI is InChI=1S/C11H11N3O3/c12-10(15)6-17-14-11(16)9-5-7-3-1-2-4-8(7)13-9/h1-5,13H,6H2,(H2,12,15)(H,14,16). The maximum atomic E-state index is 11.6. The number of para-hydroxylation sites is 1. The third-order valence-corrected chi connectivity index (χ3v) is 2.15. The molecule has 0 aliphatic carbocycles. The van der Waals surface area contributed by atoms with E-state index in [4.69, 9.17) is 5.73 Å². The molecule has 2 rings (SSSR count). The van der Waals surface area contributed by atoms with Crippen molar-refractivity contribution in [1.29, 1.82) is 0 Å². The monoisotopic (exact) mass is 233 g/mol. The molecule has 1 heterocycles. The van der Waals surface area contributed by atoms with Crippen LogP contribution in [0.2, 0.25) is 0 Å². The minimum Gasteiger partial charge on any atom is -0.368 e. The molecule has 1 aromatic carbocycles. The van der Waals surface area contributed by atoms with Crippen LogP contribution in [0.1, 0.15) is 10.5 Å². The lowest BCUT2D eigenvalue weighted by molar-refractivity contribution is -0.124. The summed E-state index contributed by atoms with van der Waals surface area (Å²) in [6, 6.07) is 9.17. The van der Waals surface area contributed by atoms with E-state index in [0.717, 1.165) is 10.9 Å². The molecule has 88 valence electrons. The van der Waals surface area contributed by atoms with Crippen molar-refractivity contribution >= 4 is 22.7 Å². The van der Waals surface area contributed by atoms with Crippen LogP contribution in [0.5, 0.6) is 0 Å². The number of rotatable bonds is 4. The summed E-state index contributed by atoms with van der Waals surface area (Å²) in [5, 5.41) is 0.924. The molecule has 0 saturated heterocycles. The fraction of sp³-hybridized carbons (Fsp3) is 0.0909. The lowest BCUT2D eigenvalue weighted by atomic mass is 10.2. The second-order valence-electron chi connectivity index (χ2n) is 3.46. The lowest BCUT2D eigenvalue weighted by Crippen LogP contribution is -2.29. The largest absolute Gasteiger partial charge is 0.368 e. The SMILES string of the molecule is NC(=O)CONC(=O)c1cc2ccccc2[nH]1. The molecule has 0 fully saturated rings. The summed E-state index contributed by atoms with van der Waals surface area (Å²) >= 11 is 0. The first-order valence-electron chi connectivity index (χ1n) is 4.95. The van der Waals surface area contributed by atoms with Crippen molar-refractivity contribution in [3.63, 3.8) is 0 Å². The zero-order chi connectivity index (χ0) is 12.3. The summed E-state index contributed by atoms with van der Waals surface area (Å²) < 4.78 is 0. The Morgan fingerprint density at radius 2 is 2.12 bits per heavy atom. The van der Waals surface area contributed by atoms with Crippen LogP contribution >= 0.6 is 0 Å². The number of hydroxylamine groups is 1. The van der Waals surface area contributed by atoms with Gasteiger partial charge in [0.15, 0.2) is 6.61 Å². The van der Waals surface area contributed by atoms with Gasteiger partial charge in [0, 0.05) is 10.9 Å². The second-order valence-corrected chi connectivity index (χ2v) is 3.46. The van der Waals surface area contributed by atoms with Gasteiger partial charge in [-0.2, -0.15) is 0 Å². The van der Waals surface area contributed by atoms with Gasteiger partial charge in [0.05, 0.1) is 0 Å². The van der Waals surface area contributed by atoms with Crippen LogP contribution in [0.25, 0.3) is 10.9 Å². The van der Waals surface area contributed by atoms with Crippen molar-refractivity contribution in [3.05, 3.63) is 36.0 Å². The van der Waals surface area contributed by atoms with Crippen LogP contribution in [-0.2, 0) is 9.63 Å². The molecule has 6 heteroatoms. The van der Waals surface area contributed by atoms with Crippen molar-refractivity contribution in [2.45, 2.75) is 0 Å². The van der Waals surface area contributed by atoms with E-state index in [1.807, 2.05) is 24.3 Å². The van der Waals surface area contributed by atoms with Crippen molar-refractivity contribution in [2.24, 2.45) is 5.73 Å². The highest BCUT2D eigenvalue weighted by atomic mass is 16.7. The third kappa shape index (κ3) is 2.61. The second kappa shape index (κ2) is 4.67. The smallest absolute Gasteiger partial charge is 0.291 e. The molecule has 6 nitrogen and oxygen atoms in total. The number of nitrogens with one attached hydrogen (secondary N) is 2. The molecular weight excluding hydrogens is 222 g/mol. The summed E-state index contributed by atoms with van der Waals surface area (Å²) in [7, 11) is 0. The summed E-state index contributed by atoms with van der Waals surface area (Å²) in [6.07, 6.45) is 0. The van der Waals surface area contributed by atoms with E-state index >= 15 is 0 Å². The minimum atomic E-state index is -0.651. The topological polar surface area (TPSA) is 97.2 Å². The highest BCUT2D eigenvalue weighted by Crippen LogP contribution is 2.14. The van der Waals surface area contributed by atoms with Gasteiger partial charge < -0.3 is 10.7 Å². The molecule has 2 aromatic rings. The first kappa shape index (κ1) is 11.2. The maximum Gasteiger partial charge on any atom is 0.291 e. The Hall–Kier alpha value is -2.34. The molecule has 1 aromatic heterocycles. The molecule has 0 bridgehead atoms. The average Bonchev–Trinajstić information content (AvgIpc) is 2.71. The molecule has 0 radical (unpaired) electrons. The molecule has 0 saturated carbocycles. The maximum absolute atomic E-state index is 11.6. The quantitative estimate of drug-likeness (QED) is 0.663. The van der Waals surface area contributed by atoms with Gasteiger partial charge >= 0.3 is 0 Å². The van der Waals surface area contributed by atoms with E-state index in [9.17, 15) is 9.59 Å². The molecule has 0 aliphatic rings. The van der Waals surface area contributed by atoms with Crippen LogP contribution < -0.4 is 11.2 Å². The fourth-order valence-electron chi connectivity index (χ4n) is 1.42. The predicted octanol–water partition coefficient (Wildman–Crippen LogP) is 0.315. The number of H-pyrrole nitrogens is 1. The van der Waals surface area contributed by atoms with Crippen LogP contribution in [-0.4, -0.2) is 23.4 Å². The highest BCUT2D eigenvalue weighted by molar-refractivity contribution is 5.97. The number of nitrogens with two attached hydrogens (primary N) is 1. The van der Waals surface area contributed by atoms with Gasteiger partial charge in [-0.15, -0.1) is 0 Å². The molecule has 0 spiro atoms. The summed E-state index contributed by atoms with van der Waals surface area (Å²) in [5.74, 6) is -1.11. The number of primary amides is 1. The van der Waals surface area contributed by atoms with Crippen LogP contribution in [0.3, 0.4) is 0 Å². The molecule has 4 N–H and O–H groups in total. The van der Waals surface area contributed by atoms with E-state index in [0.29, 0.717) is 5.69 Å².